The SMILES string of the molecule is CCN(CC)CCN(CCN1CCCCC1)c1ccc(-c2nc3cccnc3[nH]2)cc1. The Hall–Kier alpha value is -2.44. The second-order valence-corrected chi connectivity index (χ2v) is 8.42. The molecule has 1 fully saturated rings. The number of nitrogens with zero attached hydrogens (tertiary/aromatic N) is 5. The zero-order valence-corrected chi connectivity index (χ0v) is 19.1. The van der Waals surface area contributed by atoms with Gasteiger partial charge in [0.05, 0.1) is 0 Å². The topological polar surface area (TPSA) is 51.3 Å². The Morgan fingerprint density at radius 3 is 2.42 bits per heavy atom. The van der Waals surface area contributed by atoms with Crippen LogP contribution < -0.4 is 4.90 Å². The molecule has 2 aromatic heterocycles. The number of benzene rings is 1. The van der Waals surface area contributed by atoms with Gasteiger partial charge in [-0.25, -0.2) is 9.97 Å². The standard InChI is InChI=1S/C25H36N6/c1-3-29(4-2)17-19-31(20-18-30-15-6-5-7-16-30)22-12-10-21(11-13-22)24-27-23-9-8-14-26-25(23)28-24/h8-14H,3-7,15-20H2,1-2H3,(H,26,27,28). The first-order chi connectivity index (χ1) is 15.3. The van der Waals surface area contributed by atoms with Gasteiger partial charge in [-0.3, -0.25) is 0 Å². The van der Waals surface area contributed by atoms with Crippen LogP contribution in [-0.4, -0.2) is 77.1 Å². The van der Waals surface area contributed by atoms with Crippen molar-refractivity contribution in [2.45, 2.75) is 33.1 Å². The summed E-state index contributed by atoms with van der Waals surface area (Å²) < 4.78 is 0. The van der Waals surface area contributed by atoms with Crippen molar-refractivity contribution in [1.82, 2.24) is 24.8 Å². The van der Waals surface area contributed by atoms with Crippen molar-refractivity contribution in [2.75, 3.05) is 57.3 Å². The Labute approximate surface area is 186 Å². The first kappa shape index (κ1) is 21.8. The van der Waals surface area contributed by atoms with Gasteiger partial charge in [-0.15, -0.1) is 0 Å². The highest BCUT2D eigenvalue weighted by Crippen LogP contribution is 2.23. The third-order valence-corrected chi connectivity index (χ3v) is 6.48. The van der Waals surface area contributed by atoms with Crippen molar-refractivity contribution in [2.24, 2.45) is 0 Å². The number of H-pyrrole nitrogens is 1. The lowest BCUT2D eigenvalue weighted by Crippen LogP contribution is -2.41. The Balaban J connectivity index is 1.47. The number of hydrogen-bond donors (Lipinski definition) is 1. The molecule has 0 radical (unpaired) electrons. The number of aromatic amines is 1. The summed E-state index contributed by atoms with van der Waals surface area (Å²) in [4.78, 5) is 20.1. The van der Waals surface area contributed by atoms with Crippen LogP contribution in [-0.2, 0) is 0 Å². The van der Waals surface area contributed by atoms with Gasteiger partial charge in [0.15, 0.2) is 5.65 Å². The second-order valence-electron chi connectivity index (χ2n) is 8.42. The molecule has 1 saturated heterocycles. The third kappa shape index (κ3) is 5.63. The van der Waals surface area contributed by atoms with Crippen LogP contribution in [0.1, 0.15) is 33.1 Å². The molecule has 0 aliphatic carbocycles. The smallest absolute Gasteiger partial charge is 0.157 e. The van der Waals surface area contributed by atoms with E-state index in [1.807, 2.05) is 12.1 Å². The summed E-state index contributed by atoms with van der Waals surface area (Å²) in [6.07, 6.45) is 5.88. The highest BCUT2D eigenvalue weighted by atomic mass is 15.2. The van der Waals surface area contributed by atoms with Gasteiger partial charge >= 0.3 is 0 Å². The van der Waals surface area contributed by atoms with Crippen LogP contribution in [0.3, 0.4) is 0 Å². The quantitative estimate of drug-likeness (QED) is 0.531. The fourth-order valence-corrected chi connectivity index (χ4v) is 4.43. The van der Waals surface area contributed by atoms with E-state index in [2.05, 4.69) is 62.8 Å². The van der Waals surface area contributed by atoms with E-state index in [4.69, 9.17) is 4.98 Å². The zero-order valence-electron chi connectivity index (χ0n) is 19.1. The lowest BCUT2D eigenvalue weighted by Gasteiger charge is -2.32. The molecule has 0 saturated carbocycles. The number of imidazole rings is 1. The van der Waals surface area contributed by atoms with Crippen LogP contribution in [0.5, 0.6) is 0 Å². The normalized spacial score (nSPS) is 15.1. The summed E-state index contributed by atoms with van der Waals surface area (Å²) in [6.45, 7) is 13.6. The molecule has 4 rings (SSSR count). The van der Waals surface area contributed by atoms with Crippen LogP contribution >= 0.6 is 0 Å². The average molecular weight is 421 g/mol. The van der Waals surface area contributed by atoms with Crippen molar-refractivity contribution in [3.05, 3.63) is 42.6 Å². The van der Waals surface area contributed by atoms with Gasteiger partial charge in [-0.1, -0.05) is 20.3 Å². The predicted octanol–water partition coefficient (Wildman–Crippen LogP) is 4.26. The fourth-order valence-electron chi connectivity index (χ4n) is 4.43. The number of piperidine rings is 1. The van der Waals surface area contributed by atoms with Crippen LogP contribution in [0.2, 0.25) is 0 Å². The van der Waals surface area contributed by atoms with Crippen molar-refractivity contribution in [3.8, 4) is 11.4 Å². The van der Waals surface area contributed by atoms with E-state index >= 15 is 0 Å². The minimum Gasteiger partial charge on any atom is -0.369 e. The zero-order chi connectivity index (χ0) is 21.5. The minimum atomic E-state index is 0.837. The Morgan fingerprint density at radius 1 is 0.935 bits per heavy atom. The van der Waals surface area contributed by atoms with E-state index in [1.165, 1.54) is 38.0 Å². The number of rotatable bonds is 10. The molecule has 6 heteroatoms. The summed E-state index contributed by atoms with van der Waals surface area (Å²) in [5.41, 5.74) is 4.14. The molecule has 6 nitrogen and oxygen atoms in total. The van der Waals surface area contributed by atoms with Gasteiger partial charge in [0.25, 0.3) is 0 Å². The van der Waals surface area contributed by atoms with Crippen LogP contribution in [0.4, 0.5) is 5.69 Å². The number of anilines is 1. The Morgan fingerprint density at radius 2 is 1.71 bits per heavy atom. The van der Waals surface area contributed by atoms with Gasteiger partial charge in [0, 0.05) is 43.6 Å². The van der Waals surface area contributed by atoms with Crippen molar-refractivity contribution >= 4 is 16.9 Å². The van der Waals surface area contributed by atoms with Crippen molar-refractivity contribution in [3.63, 3.8) is 0 Å². The summed E-state index contributed by atoms with van der Waals surface area (Å²) in [7, 11) is 0. The Bertz CT molecular complexity index is 892. The molecule has 0 unspecified atom stereocenters. The lowest BCUT2D eigenvalue weighted by atomic mass is 10.1. The van der Waals surface area contributed by atoms with E-state index in [1.54, 1.807) is 6.20 Å². The lowest BCUT2D eigenvalue weighted by molar-refractivity contribution is 0.231. The molecular formula is C25H36N6. The Kier molecular flexibility index (Phi) is 7.54. The molecule has 3 heterocycles. The molecule has 166 valence electrons. The molecule has 1 N–H and O–H groups in total. The van der Waals surface area contributed by atoms with Gasteiger partial charge in [0.1, 0.15) is 11.3 Å². The molecule has 0 atom stereocenters. The maximum Gasteiger partial charge on any atom is 0.157 e. The van der Waals surface area contributed by atoms with E-state index in [-0.39, 0.29) is 0 Å². The van der Waals surface area contributed by atoms with Crippen molar-refractivity contribution in [1.29, 1.82) is 0 Å². The average Bonchev–Trinajstić information content (AvgIpc) is 3.27. The number of aromatic nitrogens is 3. The largest absolute Gasteiger partial charge is 0.369 e. The van der Waals surface area contributed by atoms with Crippen LogP contribution in [0.15, 0.2) is 42.6 Å². The van der Waals surface area contributed by atoms with Gasteiger partial charge < -0.3 is 19.7 Å². The number of hydrogen-bond acceptors (Lipinski definition) is 5. The molecule has 1 aliphatic heterocycles. The first-order valence-electron chi connectivity index (χ1n) is 11.9. The van der Waals surface area contributed by atoms with E-state index in [0.29, 0.717) is 0 Å². The molecule has 3 aromatic rings. The molecular weight excluding hydrogens is 384 g/mol. The number of fused-ring (bicyclic) bond motifs is 1. The molecule has 31 heavy (non-hydrogen) atoms. The minimum absolute atomic E-state index is 0.837. The molecule has 0 amide bonds. The maximum absolute atomic E-state index is 4.69. The summed E-state index contributed by atoms with van der Waals surface area (Å²) in [5, 5.41) is 0. The predicted molar refractivity (Wildman–Crippen MR) is 130 cm³/mol. The fraction of sp³-hybridized carbons (Fsp3) is 0.520. The van der Waals surface area contributed by atoms with E-state index in [9.17, 15) is 0 Å². The second kappa shape index (κ2) is 10.7. The van der Waals surface area contributed by atoms with E-state index < -0.39 is 0 Å². The molecule has 1 aromatic carbocycles. The van der Waals surface area contributed by atoms with Gasteiger partial charge in [-0.2, -0.15) is 0 Å². The highest BCUT2D eigenvalue weighted by molar-refractivity contribution is 5.76. The highest BCUT2D eigenvalue weighted by Gasteiger charge is 2.14. The number of likely N-dealkylation sites (N-methyl/N-ethyl adjacent to an activating group) is 1. The van der Waals surface area contributed by atoms with Gasteiger partial charge in [-0.05, 0) is 75.4 Å². The van der Waals surface area contributed by atoms with Crippen LogP contribution in [0.25, 0.3) is 22.6 Å². The van der Waals surface area contributed by atoms with Crippen molar-refractivity contribution < 1.29 is 0 Å². The first-order valence-corrected chi connectivity index (χ1v) is 11.9. The maximum atomic E-state index is 4.69. The molecule has 0 bridgehead atoms. The number of nitrogens with one attached hydrogen (secondary N) is 1. The molecule has 0 spiro atoms. The summed E-state index contributed by atoms with van der Waals surface area (Å²) >= 11 is 0. The number of likely N-dealkylation sites (tertiary alicyclic amines) is 1. The molecule has 1 aliphatic rings. The summed E-state index contributed by atoms with van der Waals surface area (Å²) in [5.74, 6) is 0.878. The monoisotopic (exact) mass is 420 g/mol. The number of pyridine rings is 1. The van der Waals surface area contributed by atoms with Crippen LogP contribution in [0, 0.1) is 0 Å². The summed E-state index contributed by atoms with van der Waals surface area (Å²) in [6, 6.07) is 12.8. The third-order valence-electron chi connectivity index (χ3n) is 6.48. The van der Waals surface area contributed by atoms with E-state index in [0.717, 1.165) is 61.8 Å². The van der Waals surface area contributed by atoms with Gasteiger partial charge in [0.2, 0.25) is 0 Å².